The summed E-state index contributed by atoms with van der Waals surface area (Å²) in [4.78, 5) is 22.8. The lowest BCUT2D eigenvalue weighted by atomic mass is 10.0. The normalized spacial score (nSPS) is 21.0. The molecule has 2 aliphatic rings. The van der Waals surface area contributed by atoms with Crippen LogP contribution in [0.5, 0.6) is 0 Å². The molecular formula is C21H27N3OS. The molecular weight excluding hydrogens is 342 g/mol. The first-order chi connectivity index (χ1) is 12.5. The minimum atomic E-state index is 0.134. The lowest BCUT2D eigenvalue weighted by Gasteiger charge is -2.40. The van der Waals surface area contributed by atoms with Gasteiger partial charge in [-0.2, -0.15) is 0 Å². The fraction of sp³-hybridized carbons (Fsp3) is 0.524. The van der Waals surface area contributed by atoms with Crippen LogP contribution >= 0.6 is 11.3 Å². The third-order valence-corrected chi connectivity index (χ3v) is 7.00. The van der Waals surface area contributed by atoms with Gasteiger partial charge in [-0.25, -0.2) is 4.98 Å². The Kier molecular flexibility index (Phi) is 4.84. The molecule has 4 rings (SSSR count). The van der Waals surface area contributed by atoms with Crippen LogP contribution in [-0.2, 0) is 12.8 Å². The zero-order valence-corrected chi connectivity index (χ0v) is 16.7. The highest BCUT2D eigenvalue weighted by atomic mass is 32.1. The summed E-state index contributed by atoms with van der Waals surface area (Å²) in [6, 6.07) is 9.70. The zero-order valence-electron chi connectivity index (χ0n) is 15.9. The number of rotatable bonds is 3. The SMILES string of the molecule is Cc1nc(C)c(C(=O)N(C)[C@@H]2CCCN(C3Cc4ccccc4C3)C2)s1. The highest BCUT2D eigenvalue weighted by Gasteiger charge is 2.33. The number of fused-ring (bicyclic) bond motifs is 1. The molecule has 1 aliphatic heterocycles. The standard InChI is InChI=1S/C21H27N3OS/c1-14-20(26-15(2)22-14)21(25)23(3)18-9-6-10-24(13-18)19-11-16-7-4-5-8-17(16)12-19/h4-5,7-8,18-19H,6,9-13H2,1-3H3/t18-/m1/s1. The van der Waals surface area contributed by atoms with Crippen molar-refractivity contribution in [2.24, 2.45) is 0 Å². The highest BCUT2D eigenvalue weighted by Crippen LogP contribution is 2.29. The first kappa shape index (κ1) is 17.7. The quantitative estimate of drug-likeness (QED) is 0.831. The van der Waals surface area contributed by atoms with Gasteiger partial charge in [0.2, 0.25) is 0 Å². The van der Waals surface area contributed by atoms with E-state index in [4.69, 9.17) is 0 Å². The average molecular weight is 370 g/mol. The van der Waals surface area contributed by atoms with Gasteiger partial charge in [-0.15, -0.1) is 11.3 Å². The van der Waals surface area contributed by atoms with E-state index >= 15 is 0 Å². The molecule has 0 saturated carbocycles. The van der Waals surface area contributed by atoms with Gasteiger partial charge >= 0.3 is 0 Å². The van der Waals surface area contributed by atoms with Crippen molar-refractivity contribution in [3.63, 3.8) is 0 Å². The van der Waals surface area contributed by atoms with E-state index < -0.39 is 0 Å². The van der Waals surface area contributed by atoms with Crippen LogP contribution in [0.4, 0.5) is 0 Å². The molecule has 1 aromatic heterocycles. The van der Waals surface area contributed by atoms with E-state index in [1.165, 1.54) is 22.5 Å². The van der Waals surface area contributed by atoms with Gasteiger partial charge in [-0.05, 0) is 57.2 Å². The minimum absolute atomic E-state index is 0.134. The van der Waals surface area contributed by atoms with Gasteiger partial charge in [0.1, 0.15) is 4.88 Å². The van der Waals surface area contributed by atoms with E-state index in [-0.39, 0.29) is 5.91 Å². The number of hydrogen-bond donors (Lipinski definition) is 0. The van der Waals surface area contributed by atoms with Crippen LogP contribution in [0.15, 0.2) is 24.3 Å². The van der Waals surface area contributed by atoms with E-state index in [9.17, 15) is 4.79 Å². The highest BCUT2D eigenvalue weighted by molar-refractivity contribution is 7.13. The summed E-state index contributed by atoms with van der Waals surface area (Å²) in [6.07, 6.45) is 4.55. The van der Waals surface area contributed by atoms with Gasteiger partial charge in [0, 0.05) is 25.7 Å². The van der Waals surface area contributed by atoms with Gasteiger partial charge in [0.25, 0.3) is 5.91 Å². The first-order valence-electron chi connectivity index (χ1n) is 9.55. The Morgan fingerprint density at radius 1 is 1.23 bits per heavy atom. The van der Waals surface area contributed by atoms with Gasteiger partial charge in [-0.3, -0.25) is 9.69 Å². The van der Waals surface area contributed by atoms with Crippen LogP contribution in [0.25, 0.3) is 0 Å². The maximum atomic E-state index is 13.0. The largest absolute Gasteiger partial charge is 0.337 e. The fourth-order valence-electron chi connectivity index (χ4n) is 4.48. The van der Waals surface area contributed by atoms with E-state index in [1.54, 1.807) is 0 Å². The summed E-state index contributed by atoms with van der Waals surface area (Å²) in [5, 5.41) is 0.966. The van der Waals surface area contributed by atoms with E-state index in [0.29, 0.717) is 12.1 Å². The molecule has 4 nitrogen and oxygen atoms in total. The molecule has 1 aromatic carbocycles. The Balaban J connectivity index is 1.44. The second-order valence-corrected chi connectivity index (χ2v) is 8.89. The summed E-state index contributed by atoms with van der Waals surface area (Å²) in [7, 11) is 1.97. The molecule has 0 spiro atoms. The minimum Gasteiger partial charge on any atom is -0.337 e. The van der Waals surface area contributed by atoms with Crippen LogP contribution < -0.4 is 0 Å². The number of likely N-dealkylation sites (tertiary alicyclic amines) is 1. The van der Waals surface area contributed by atoms with Crippen molar-refractivity contribution in [1.29, 1.82) is 0 Å². The fourth-order valence-corrected chi connectivity index (χ4v) is 5.38. The monoisotopic (exact) mass is 369 g/mol. The number of piperidine rings is 1. The van der Waals surface area contributed by atoms with Gasteiger partial charge < -0.3 is 4.90 Å². The summed E-state index contributed by atoms with van der Waals surface area (Å²) in [6.45, 7) is 6.04. The molecule has 1 atom stereocenters. The molecule has 1 aliphatic carbocycles. The molecule has 1 fully saturated rings. The summed E-state index contributed by atoms with van der Waals surface area (Å²) < 4.78 is 0. The molecule has 0 radical (unpaired) electrons. The molecule has 2 aromatic rings. The maximum Gasteiger partial charge on any atom is 0.265 e. The lowest BCUT2D eigenvalue weighted by molar-refractivity contribution is 0.0559. The Labute approximate surface area is 159 Å². The number of amides is 1. The Morgan fingerprint density at radius 2 is 1.92 bits per heavy atom. The van der Waals surface area contributed by atoms with Crippen molar-refractivity contribution >= 4 is 17.2 Å². The molecule has 1 saturated heterocycles. The Hall–Kier alpha value is -1.72. The predicted molar refractivity (Wildman–Crippen MR) is 106 cm³/mol. The topological polar surface area (TPSA) is 36.4 Å². The third-order valence-electron chi connectivity index (χ3n) is 5.94. The number of carbonyl (C=O) groups is 1. The summed E-state index contributed by atoms with van der Waals surface area (Å²) >= 11 is 1.52. The number of hydrogen-bond acceptors (Lipinski definition) is 4. The molecule has 1 amide bonds. The predicted octanol–water partition coefficient (Wildman–Crippen LogP) is 3.46. The average Bonchev–Trinajstić information content (AvgIpc) is 3.23. The van der Waals surface area contributed by atoms with Crippen molar-refractivity contribution in [3.05, 3.63) is 51.0 Å². The second kappa shape index (κ2) is 7.12. The molecule has 0 unspecified atom stereocenters. The van der Waals surface area contributed by atoms with Crippen LogP contribution in [-0.4, -0.2) is 52.9 Å². The number of likely N-dealkylation sites (N-methyl/N-ethyl adjacent to an activating group) is 1. The van der Waals surface area contributed by atoms with E-state index in [1.807, 2.05) is 25.8 Å². The van der Waals surface area contributed by atoms with E-state index in [2.05, 4.69) is 34.1 Å². The van der Waals surface area contributed by atoms with Gasteiger partial charge in [-0.1, -0.05) is 24.3 Å². The number of thiazole rings is 1. The summed E-state index contributed by atoms with van der Waals surface area (Å²) in [5.41, 5.74) is 3.86. The van der Waals surface area contributed by atoms with Crippen molar-refractivity contribution in [1.82, 2.24) is 14.8 Å². The zero-order chi connectivity index (χ0) is 18.3. The lowest BCUT2D eigenvalue weighted by Crippen LogP contribution is -2.51. The van der Waals surface area contributed by atoms with E-state index in [0.717, 1.165) is 54.4 Å². The maximum absolute atomic E-state index is 13.0. The third kappa shape index (κ3) is 3.30. The number of nitrogens with zero attached hydrogens (tertiary/aromatic N) is 3. The van der Waals surface area contributed by atoms with Crippen molar-refractivity contribution in [3.8, 4) is 0 Å². The van der Waals surface area contributed by atoms with Crippen LogP contribution in [0.1, 0.15) is 44.3 Å². The number of aryl methyl sites for hydroxylation is 2. The summed E-state index contributed by atoms with van der Waals surface area (Å²) in [5.74, 6) is 0.134. The smallest absolute Gasteiger partial charge is 0.265 e. The molecule has 0 N–H and O–H groups in total. The first-order valence-corrected chi connectivity index (χ1v) is 10.4. The van der Waals surface area contributed by atoms with Crippen molar-refractivity contribution in [2.75, 3.05) is 20.1 Å². The van der Waals surface area contributed by atoms with Crippen LogP contribution in [0, 0.1) is 13.8 Å². The molecule has 26 heavy (non-hydrogen) atoms. The number of aromatic nitrogens is 1. The van der Waals surface area contributed by atoms with Gasteiger partial charge in [0.05, 0.1) is 10.7 Å². The second-order valence-electron chi connectivity index (χ2n) is 7.69. The van der Waals surface area contributed by atoms with Crippen LogP contribution in [0.2, 0.25) is 0 Å². The van der Waals surface area contributed by atoms with Crippen LogP contribution in [0.3, 0.4) is 0 Å². The number of carbonyl (C=O) groups excluding carboxylic acids is 1. The molecule has 138 valence electrons. The van der Waals surface area contributed by atoms with Crippen molar-refractivity contribution in [2.45, 2.75) is 51.6 Å². The Morgan fingerprint density at radius 3 is 2.54 bits per heavy atom. The van der Waals surface area contributed by atoms with Crippen molar-refractivity contribution < 1.29 is 4.79 Å². The van der Waals surface area contributed by atoms with Gasteiger partial charge in [0.15, 0.2) is 0 Å². The Bertz CT molecular complexity index is 790. The molecule has 0 bridgehead atoms. The number of benzene rings is 1. The molecule has 2 heterocycles. The molecule has 5 heteroatoms.